The number of rotatable bonds is 6. The molecule has 0 saturated carbocycles. The van der Waals surface area contributed by atoms with Crippen LogP contribution in [0, 0.1) is 0 Å². The van der Waals surface area contributed by atoms with Gasteiger partial charge in [-0.1, -0.05) is 53.7 Å². The minimum Gasteiger partial charge on any atom is -0.359 e. The summed E-state index contributed by atoms with van der Waals surface area (Å²) in [6.45, 7) is 1.77. The van der Waals surface area contributed by atoms with Crippen LogP contribution in [0.2, 0.25) is 0 Å². The fourth-order valence-electron chi connectivity index (χ4n) is 3.75. The fourth-order valence-corrected chi connectivity index (χ4v) is 3.75. The van der Waals surface area contributed by atoms with E-state index in [0.29, 0.717) is 23.6 Å². The number of carbonyl (C=O) groups excluding carboxylic acids is 2. The zero-order chi connectivity index (χ0) is 23.5. The Balaban J connectivity index is 1.36. The van der Waals surface area contributed by atoms with E-state index in [2.05, 4.69) is 20.4 Å². The second kappa shape index (κ2) is 9.07. The van der Waals surface area contributed by atoms with Crippen molar-refractivity contribution in [3.63, 3.8) is 0 Å². The van der Waals surface area contributed by atoms with Gasteiger partial charge in [0.05, 0.1) is 17.8 Å². The van der Waals surface area contributed by atoms with Crippen LogP contribution in [-0.2, 0) is 11.3 Å². The van der Waals surface area contributed by atoms with E-state index in [4.69, 9.17) is 4.52 Å². The van der Waals surface area contributed by atoms with Gasteiger partial charge < -0.3 is 9.84 Å². The van der Waals surface area contributed by atoms with Gasteiger partial charge in [-0.2, -0.15) is 0 Å². The van der Waals surface area contributed by atoms with Crippen LogP contribution in [0.4, 0.5) is 0 Å². The molecule has 1 N–H and O–H groups in total. The lowest BCUT2D eigenvalue weighted by atomic mass is 10.00. The molecule has 7 nitrogen and oxygen atoms in total. The van der Waals surface area contributed by atoms with Gasteiger partial charge in [0.15, 0.2) is 12.0 Å². The highest BCUT2D eigenvalue weighted by Gasteiger charge is 2.10. The summed E-state index contributed by atoms with van der Waals surface area (Å²) >= 11 is 0. The average Bonchev–Trinajstić information content (AvgIpc) is 3.36. The van der Waals surface area contributed by atoms with Gasteiger partial charge in [0.2, 0.25) is 5.91 Å². The van der Waals surface area contributed by atoms with E-state index in [1.807, 2.05) is 54.6 Å². The van der Waals surface area contributed by atoms with Crippen LogP contribution in [0.3, 0.4) is 0 Å². The van der Waals surface area contributed by atoms with E-state index in [9.17, 15) is 9.59 Å². The number of hydrogen-bond acceptors (Lipinski definition) is 6. The summed E-state index contributed by atoms with van der Waals surface area (Å²) in [6, 6.07) is 21.5. The number of aromatic nitrogens is 3. The molecule has 0 saturated heterocycles. The number of amides is 1. The highest BCUT2D eigenvalue weighted by atomic mass is 16.5. The Morgan fingerprint density at radius 2 is 1.56 bits per heavy atom. The van der Waals surface area contributed by atoms with Gasteiger partial charge in [0.25, 0.3) is 0 Å². The Bertz CT molecular complexity index is 1490. The molecule has 3 aromatic heterocycles. The Hall–Kier alpha value is -4.65. The average molecular weight is 448 g/mol. The quantitative estimate of drug-likeness (QED) is 0.364. The zero-order valence-corrected chi connectivity index (χ0v) is 18.4. The third-order valence-corrected chi connectivity index (χ3v) is 5.53. The Kier molecular flexibility index (Phi) is 5.66. The lowest BCUT2D eigenvalue weighted by Crippen LogP contribution is -2.18. The fraction of sp³-hybridized carbons (Fsp3) is 0.0741. The van der Waals surface area contributed by atoms with Crippen molar-refractivity contribution in [3.05, 3.63) is 90.4 Å². The number of hydrogen-bond donors (Lipinski definition) is 1. The Morgan fingerprint density at radius 1 is 0.912 bits per heavy atom. The van der Waals surface area contributed by atoms with Crippen LogP contribution in [0.5, 0.6) is 0 Å². The van der Waals surface area contributed by atoms with Gasteiger partial charge in [-0.05, 0) is 23.3 Å². The second-order valence-corrected chi connectivity index (χ2v) is 7.85. The first-order valence-corrected chi connectivity index (χ1v) is 10.7. The maximum absolute atomic E-state index is 11.6. The van der Waals surface area contributed by atoms with E-state index in [0.717, 1.165) is 45.1 Å². The molecule has 0 atom stereocenters. The maximum atomic E-state index is 11.6. The van der Waals surface area contributed by atoms with E-state index in [-0.39, 0.29) is 5.91 Å². The number of aldehydes is 1. The normalized spacial score (nSPS) is 10.9. The molecule has 0 aliphatic carbocycles. The summed E-state index contributed by atoms with van der Waals surface area (Å²) in [5, 5.41) is 7.52. The van der Waals surface area contributed by atoms with Crippen LogP contribution < -0.4 is 5.32 Å². The molecule has 7 heteroatoms. The molecular formula is C27H20N4O3. The molecule has 1 amide bonds. The lowest BCUT2D eigenvalue weighted by molar-refractivity contribution is -0.119. The van der Waals surface area contributed by atoms with Crippen molar-refractivity contribution in [2.45, 2.75) is 13.5 Å². The molecule has 0 fully saturated rings. The molecule has 3 heterocycles. The minimum absolute atomic E-state index is 0.119. The molecule has 5 rings (SSSR count). The standard InChI is InChI=1S/C27H20N4O3/c1-17(33)29-14-23-13-27(31-34-23)21-8-4-19(5-9-21)18-2-6-20(7-3-18)26-12-22(16-32)24-15-28-11-10-25(24)30-26/h2-13,15-16H,14H2,1H3,(H,29,33). The predicted molar refractivity (Wildman–Crippen MR) is 129 cm³/mol. The second-order valence-electron chi connectivity index (χ2n) is 7.85. The highest BCUT2D eigenvalue weighted by Crippen LogP contribution is 2.28. The molecule has 0 bridgehead atoms. The van der Waals surface area contributed by atoms with E-state index in [1.54, 1.807) is 24.5 Å². The summed E-state index contributed by atoms with van der Waals surface area (Å²) in [4.78, 5) is 31.4. The van der Waals surface area contributed by atoms with Gasteiger partial charge in [-0.3, -0.25) is 14.6 Å². The van der Waals surface area contributed by atoms with Crippen molar-refractivity contribution in [2.75, 3.05) is 0 Å². The molecule has 0 unspecified atom stereocenters. The first kappa shape index (κ1) is 21.2. The molecule has 5 aromatic rings. The predicted octanol–water partition coefficient (Wildman–Crippen LogP) is 5.07. The summed E-state index contributed by atoms with van der Waals surface area (Å²) in [6.07, 6.45) is 4.16. The first-order valence-electron chi connectivity index (χ1n) is 10.7. The van der Waals surface area contributed by atoms with Crippen LogP contribution in [0.15, 0.2) is 83.6 Å². The van der Waals surface area contributed by atoms with Gasteiger partial charge in [-0.15, -0.1) is 0 Å². The van der Waals surface area contributed by atoms with E-state index in [1.165, 1.54) is 6.92 Å². The SMILES string of the molecule is CC(=O)NCc1cc(-c2ccc(-c3ccc(-c4cc(C=O)c5cnccc5n4)cc3)cc2)no1. The summed E-state index contributed by atoms with van der Waals surface area (Å²) in [5.41, 5.74) is 6.73. The van der Waals surface area contributed by atoms with Gasteiger partial charge in [0, 0.05) is 47.5 Å². The van der Waals surface area contributed by atoms with Gasteiger partial charge in [0.1, 0.15) is 5.69 Å². The van der Waals surface area contributed by atoms with E-state index < -0.39 is 0 Å². The molecule has 0 spiro atoms. The highest BCUT2D eigenvalue weighted by molar-refractivity contribution is 5.97. The Labute approximate surface area is 195 Å². The first-order chi connectivity index (χ1) is 16.6. The number of benzene rings is 2. The molecular weight excluding hydrogens is 428 g/mol. The smallest absolute Gasteiger partial charge is 0.217 e. The van der Waals surface area contributed by atoms with Crippen molar-refractivity contribution < 1.29 is 14.1 Å². The number of carbonyl (C=O) groups is 2. The largest absolute Gasteiger partial charge is 0.359 e. The number of fused-ring (bicyclic) bond motifs is 1. The van der Waals surface area contributed by atoms with Crippen molar-refractivity contribution in [2.24, 2.45) is 0 Å². The van der Waals surface area contributed by atoms with Gasteiger partial charge in [-0.25, -0.2) is 4.98 Å². The third-order valence-electron chi connectivity index (χ3n) is 5.53. The van der Waals surface area contributed by atoms with Crippen molar-refractivity contribution in [1.29, 1.82) is 0 Å². The zero-order valence-electron chi connectivity index (χ0n) is 18.4. The lowest BCUT2D eigenvalue weighted by Gasteiger charge is -2.08. The molecule has 34 heavy (non-hydrogen) atoms. The molecule has 0 aliphatic heterocycles. The molecule has 0 aliphatic rings. The van der Waals surface area contributed by atoms with Crippen molar-refractivity contribution in [3.8, 4) is 33.6 Å². The van der Waals surface area contributed by atoms with Crippen LogP contribution in [-0.4, -0.2) is 27.3 Å². The van der Waals surface area contributed by atoms with Crippen LogP contribution in [0.25, 0.3) is 44.5 Å². The topological polar surface area (TPSA) is 98.0 Å². The maximum Gasteiger partial charge on any atom is 0.217 e. The monoisotopic (exact) mass is 448 g/mol. The summed E-state index contributed by atoms with van der Waals surface area (Å²) < 4.78 is 5.29. The van der Waals surface area contributed by atoms with Crippen LogP contribution in [0.1, 0.15) is 23.0 Å². The number of nitrogens with zero attached hydrogens (tertiary/aromatic N) is 3. The van der Waals surface area contributed by atoms with Gasteiger partial charge >= 0.3 is 0 Å². The molecule has 0 radical (unpaired) electrons. The number of nitrogens with one attached hydrogen (secondary N) is 1. The number of pyridine rings is 2. The van der Waals surface area contributed by atoms with Crippen molar-refractivity contribution >= 4 is 23.1 Å². The molecule has 2 aromatic carbocycles. The summed E-state index contributed by atoms with van der Waals surface area (Å²) in [5.74, 6) is 0.479. The van der Waals surface area contributed by atoms with Crippen molar-refractivity contribution in [1.82, 2.24) is 20.4 Å². The van der Waals surface area contributed by atoms with E-state index >= 15 is 0 Å². The third kappa shape index (κ3) is 4.31. The molecule has 166 valence electrons. The minimum atomic E-state index is -0.119. The Morgan fingerprint density at radius 3 is 2.21 bits per heavy atom. The van der Waals surface area contributed by atoms with Crippen LogP contribution >= 0.6 is 0 Å². The summed E-state index contributed by atoms with van der Waals surface area (Å²) in [7, 11) is 0.